The Morgan fingerprint density at radius 2 is 1.95 bits per heavy atom. The summed E-state index contributed by atoms with van der Waals surface area (Å²) in [4.78, 5) is 15.9. The van der Waals surface area contributed by atoms with Crippen LogP contribution in [0, 0.1) is 6.92 Å². The molecule has 5 nitrogen and oxygen atoms in total. The Morgan fingerprint density at radius 3 is 2.63 bits per heavy atom. The number of aryl methyl sites for hydroxylation is 1. The van der Waals surface area contributed by atoms with Crippen molar-refractivity contribution in [3.63, 3.8) is 0 Å². The number of aromatic nitrogens is 3. The normalized spacial score (nSPS) is 10.8. The second-order valence-electron chi connectivity index (χ2n) is 4.23. The fraction of sp³-hybridized carbons (Fsp3) is 0.0714. The van der Waals surface area contributed by atoms with Crippen LogP contribution in [0.1, 0.15) is 16.1 Å². The van der Waals surface area contributed by atoms with Crippen molar-refractivity contribution in [1.29, 1.82) is 0 Å². The van der Waals surface area contributed by atoms with Gasteiger partial charge in [-0.2, -0.15) is 5.10 Å². The van der Waals surface area contributed by atoms with E-state index < -0.39 is 5.97 Å². The summed E-state index contributed by atoms with van der Waals surface area (Å²) in [6, 6.07) is 11.1. The first-order chi connectivity index (χ1) is 9.18. The maximum absolute atomic E-state index is 11.5. The Morgan fingerprint density at radius 1 is 1.21 bits per heavy atom. The van der Waals surface area contributed by atoms with E-state index in [2.05, 4.69) is 10.1 Å². The zero-order valence-corrected chi connectivity index (χ0v) is 10.2. The molecule has 1 N–H and O–H groups in total. The lowest BCUT2D eigenvalue weighted by molar-refractivity contribution is 0.0689. The first-order valence-electron chi connectivity index (χ1n) is 5.81. The van der Waals surface area contributed by atoms with Crippen molar-refractivity contribution >= 4 is 11.6 Å². The number of benzene rings is 1. The number of hydrogen-bond acceptors (Lipinski definition) is 3. The molecule has 0 aliphatic rings. The monoisotopic (exact) mass is 253 g/mol. The summed E-state index contributed by atoms with van der Waals surface area (Å²) in [6.07, 6.45) is 1.57. The number of imidazole rings is 1. The molecule has 3 aromatic rings. The van der Waals surface area contributed by atoms with Crippen LogP contribution in [-0.2, 0) is 0 Å². The highest BCUT2D eigenvalue weighted by molar-refractivity contribution is 5.94. The maximum atomic E-state index is 11.5. The minimum absolute atomic E-state index is 0.0879. The first-order valence-corrected chi connectivity index (χ1v) is 5.81. The Kier molecular flexibility index (Phi) is 2.52. The van der Waals surface area contributed by atoms with E-state index in [1.165, 1.54) is 4.52 Å². The van der Waals surface area contributed by atoms with E-state index in [0.29, 0.717) is 11.3 Å². The molecule has 2 aromatic heterocycles. The van der Waals surface area contributed by atoms with Crippen LogP contribution < -0.4 is 0 Å². The van der Waals surface area contributed by atoms with E-state index in [1.54, 1.807) is 6.20 Å². The fourth-order valence-electron chi connectivity index (χ4n) is 2.06. The molecule has 0 fully saturated rings. The summed E-state index contributed by atoms with van der Waals surface area (Å²) in [7, 11) is 0. The fourth-order valence-corrected chi connectivity index (χ4v) is 2.06. The third-order valence-corrected chi connectivity index (χ3v) is 2.96. The van der Waals surface area contributed by atoms with Crippen LogP contribution in [-0.4, -0.2) is 25.7 Å². The molecule has 0 amide bonds. The summed E-state index contributed by atoms with van der Waals surface area (Å²) >= 11 is 0. The number of carboxylic acid groups (broad SMARTS) is 1. The minimum Gasteiger partial charge on any atom is -0.476 e. The lowest BCUT2D eigenvalue weighted by Gasteiger charge is -1.99. The largest absolute Gasteiger partial charge is 0.476 e. The first kappa shape index (κ1) is 11.4. The van der Waals surface area contributed by atoms with Gasteiger partial charge in [0.2, 0.25) is 0 Å². The van der Waals surface area contributed by atoms with Crippen molar-refractivity contribution < 1.29 is 9.90 Å². The molecule has 0 saturated carbocycles. The van der Waals surface area contributed by atoms with Gasteiger partial charge in [0.05, 0.1) is 0 Å². The quantitative estimate of drug-likeness (QED) is 0.761. The van der Waals surface area contributed by atoms with Gasteiger partial charge in [-0.25, -0.2) is 14.3 Å². The minimum atomic E-state index is -1.04. The number of hydrogen-bond donors (Lipinski definition) is 1. The van der Waals surface area contributed by atoms with Crippen molar-refractivity contribution in [1.82, 2.24) is 14.6 Å². The van der Waals surface area contributed by atoms with Crippen molar-refractivity contribution in [2.45, 2.75) is 6.92 Å². The van der Waals surface area contributed by atoms with E-state index in [4.69, 9.17) is 0 Å². The average molecular weight is 253 g/mol. The SMILES string of the molecule is Cc1ccnn2c(C(=O)O)c(-c3ccccc3)nc12. The van der Waals surface area contributed by atoms with Crippen molar-refractivity contribution in [3.8, 4) is 11.3 Å². The molecule has 5 heteroatoms. The van der Waals surface area contributed by atoms with Gasteiger partial charge < -0.3 is 5.11 Å². The van der Waals surface area contributed by atoms with Crippen LogP contribution in [0.3, 0.4) is 0 Å². The van der Waals surface area contributed by atoms with Gasteiger partial charge in [0, 0.05) is 11.8 Å². The molecule has 0 spiro atoms. The van der Waals surface area contributed by atoms with Crippen LogP contribution in [0.4, 0.5) is 0 Å². The summed E-state index contributed by atoms with van der Waals surface area (Å²) in [5.41, 5.74) is 2.75. The van der Waals surface area contributed by atoms with Gasteiger partial charge in [0.1, 0.15) is 5.69 Å². The van der Waals surface area contributed by atoms with Gasteiger partial charge in [-0.05, 0) is 18.6 Å². The zero-order valence-electron chi connectivity index (χ0n) is 10.2. The molecule has 0 aliphatic carbocycles. The van der Waals surface area contributed by atoms with Crippen LogP contribution in [0.2, 0.25) is 0 Å². The average Bonchev–Trinajstić information content (AvgIpc) is 2.81. The molecular weight excluding hydrogens is 242 g/mol. The predicted octanol–water partition coefficient (Wildman–Crippen LogP) is 2.40. The van der Waals surface area contributed by atoms with Crippen LogP contribution in [0.15, 0.2) is 42.6 Å². The van der Waals surface area contributed by atoms with Crippen LogP contribution in [0.25, 0.3) is 16.9 Å². The zero-order chi connectivity index (χ0) is 13.4. The Bertz CT molecular complexity index is 763. The molecule has 0 radical (unpaired) electrons. The van der Waals surface area contributed by atoms with Crippen LogP contribution >= 0.6 is 0 Å². The van der Waals surface area contributed by atoms with Crippen molar-refractivity contribution in [2.24, 2.45) is 0 Å². The number of carboxylic acids is 1. The Hall–Kier alpha value is -2.69. The van der Waals surface area contributed by atoms with Gasteiger partial charge in [-0.15, -0.1) is 0 Å². The molecule has 0 aliphatic heterocycles. The summed E-state index contributed by atoms with van der Waals surface area (Å²) in [5, 5.41) is 13.5. The van der Waals surface area contributed by atoms with Gasteiger partial charge in [0.15, 0.2) is 11.3 Å². The standard InChI is InChI=1S/C14H11N3O2/c1-9-7-8-15-17-12(14(18)19)11(16-13(9)17)10-5-3-2-4-6-10/h2-8H,1H3,(H,18,19). The van der Waals surface area contributed by atoms with Crippen molar-refractivity contribution in [2.75, 3.05) is 0 Å². The summed E-state index contributed by atoms with van der Waals surface area (Å²) < 4.78 is 1.38. The molecule has 0 saturated heterocycles. The molecule has 94 valence electrons. The molecular formula is C14H11N3O2. The van der Waals surface area contributed by atoms with E-state index in [-0.39, 0.29) is 5.69 Å². The number of carbonyl (C=O) groups is 1. The van der Waals surface area contributed by atoms with E-state index >= 15 is 0 Å². The lowest BCUT2D eigenvalue weighted by Crippen LogP contribution is -2.06. The molecule has 1 aromatic carbocycles. The lowest BCUT2D eigenvalue weighted by atomic mass is 10.1. The number of aromatic carboxylic acids is 1. The summed E-state index contributed by atoms with van der Waals surface area (Å²) in [5.74, 6) is -1.04. The highest BCUT2D eigenvalue weighted by atomic mass is 16.4. The number of rotatable bonds is 2. The van der Waals surface area contributed by atoms with E-state index in [1.807, 2.05) is 43.3 Å². The van der Waals surface area contributed by atoms with Gasteiger partial charge >= 0.3 is 5.97 Å². The third kappa shape index (κ3) is 1.76. The Labute approximate surface area is 109 Å². The Balaban J connectivity index is 2.39. The molecule has 0 unspecified atom stereocenters. The topological polar surface area (TPSA) is 67.5 Å². The van der Waals surface area contributed by atoms with E-state index in [9.17, 15) is 9.90 Å². The molecule has 0 bridgehead atoms. The third-order valence-electron chi connectivity index (χ3n) is 2.96. The van der Waals surface area contributed by atoms with Gasteiger partial charge in [-0.3, -0.25) is 0 Å². The number of nitrogens with zero attached hydrogens (tertiary/aromatic N) is 3. The van der Waals surface area contributed by atoms with Gasteiger partial charge in [-0.1, -0.05) is 30.3 Å². The van der Waals surface area contributed by atoms with Gasteiger partial charge in [0.25, 0.3) is 0 Å². The molecule has 3 rings (SSSR count). The second kappa shape index (κ2) is 4.20. The molecule has 2 heterocycles. The predicted molar refractivity (Wildman–Crippen MR) is 70.1 cm³/mol. The second-order valence-corrected chi connectivity index (χ2v) is 4.23. The van der Waals surface area contributed by atoms with Crippen LogP contribution in [0.5, 0.6) is 0 Å². The van der Waals surface area contributed by atoms with Crippen molar-refractivity contribution in [3.05, 3.63) is 53.9 Å². The maximum Gasteiger partial charge on any atom is 0.356 e. The summed E-state index contributed by atoms with van der Waals surface area (Å²) in [6.45, 7) is 1.88. The smallest absolute Gasteiger partial charge is 0.356 e. The molecule has 19 heavy (non-hydrogen) atoms. The van der Waals surface area contributed by atoms with E-state index in [0.717, 1.165) is 11.1 Å². The molecule has 0 atom stereocenters. The highest BCUT2D eigenvalue weighted by Crippen LogP contribution is 2.24. The highest BCUT2D eigenvalue weighted by Gasteiger charge is 2.21. The number of fused-ring (bicyclic) bond motifs is 1.